The van der Waals surface area contributed by atoms with Crippen LogP contribution < -0.4 is 4.72 Å². The molecule has 0 aliphatic heterocycles. The maximum atomic E-state index is 12.8. The maximum Gasteiger partial charge on any atom is 0.241 e. The number of halogens is 2. The Balaban J connectivity index is 2.24. The predicted molar refractivity (Wildman–Crippen MR) is 76.6 cm³/mol. The van der Waals surface area contributed by atoms with Crippen molar-refractivity contribution >= 4 is 21.6 Å². The van der Waals surface area contributed by atoms with Crippen LogP contribution in [0.5, 0.6) is 0 Å². The molecular weight excluding hydrogens is 301 g/mol. The van der Waals surface area contributed by atoms with Gasteiger partial charge in [0.05, 0.1) is 4.90 Å². The molecule has 0 heterocycles. The Bertz CT molecular complexity index is 701. The lowest BCUT2D eigenvalue weighted by molar-refractivity contribution is 0.566. The highest BCUT2D eigenvalue weighted by molar-refractivity contribution is 7.89. The summed E-state index contributed by atoms with van der Waals surface area (Å²) < 4.78 is 39.7. The summed E-state index contributed by atoms with van der Waals surface area (Å²) in [4.78, 5) is 0.0119. The van der Waals surface area contributed by atoms with Crippen molar-refractivity contribution in [1.82, 2.24) is 4.72 Å². The van der Waals surface area contributed by atoms with E-state index in [1.807, 2.05) is 0 Å². The standard InChI is InChI=1S/C14H13ClFNO2S/c1-10(13-4-2-3-5-14(13)15)17-20(18,19)12-8-6-11(16)7-9-12/h2-10,17H,1H3/t10-/m0/s1. The SMILES string of the molecule is C[C@H](NS(=O)(=O)c1ccc(F)cc1)c1ccccc1Cl. The summed E-state index contributed by atoms with van der Waals surface area (Å²) in [5.41, 5.74) is 0.680. The normalized spacial score (nSPS) is 13.2. The molecule has 0 radical (unpaired) electrons. The van der Waals surface area contributed by atoms with Crippen molar-refractivity contribution in [3.63, 3.8) is 0 Å². The van der Waals surface area contributed by atoms with Crippen LogP contribution >= 0.6 is 11.6 Å². The third-order valence-corrected chi connectivity index (χ3v) is 4.73. The number of rotatable bonds is 4. The van der Waals surface area contributed by atoms with E-state index < -0.39 is 21.9 Å². The van der Waals surface area contributed by atoms with Gasteiger partial charge in [0.25, 0.3) is 0 Å². The molecule has 2 rings (SSSR count). The monoisotopic (exact) mass is 313 g/mol. The molecule has 6 heteroatoms. The predicted octanol–water partition coefficient (Wildman–Crippen LogP) is 3.52. The highest BCUT2D eigenvalue weighted by atomic mass is 35.5. The molecule has 0 aromatic heterocycles. The summed E-state index contributed by atoms with van der Waals surface area (Å²) in [6, 6.07) is 11.2. The third kappa shape index (κ3) is 3.36. The molecule has 2 aromatic carbocycles. The van der Waals surface area contributed by atoms with Gasteiger partial charge >= 0.3 is 0 Å². The molecule has 1 atom stereocenters. The van der Waals surface area contributed by atoms with Gasteiger partial charge in [-0.05, 0) is 42.8 Å². The highest BCUT2D eigenvalue weighted by Crippen LogP contribution is 2.24. The molecule has 2 aromatic rings. The first kappa shape index (κ1) is 15.0. The van der Waals surface area contributed by atoms with E-state index >= 15 is 0 Å². The average Bonchev–Trinajstić information content (AvgIpc) is 2.39. The molecule has 0 bridgehead atoms. The Hall–Kier alpha value is -1.43. The second-order valence-corrected chi connectivity index (χ2v) is 6.44. The van der Waals surface area contributed by atoms with Crippen molar-refractivity contribution in [2.75, 3.05) is 0 Å². The Morgan fingerprint density at radius 3 is 2.30 bits per heavy atom. The molecule has 0 spiro atoms. The van der Waals surface area contributed by atoms with Gasteiger partial charge in [-0.25, -0.2) is 17.5 Å². The molecule has 1 N–H and O–H groups in total. The van der Waals surface area contributed by atoms with Gasteiger partial charge in [-0.2, -0.15) is 0 Å². The molecule has 20 heavy (non-hydrogen) atoms. The Kier molecular flexibility index (Phi) is 4.42. The van der Waals surface area contributed by atoms with Crippen LogP contribution in [-0.2, 0) is 10.0 Å². The van der Waals surface area contributed by atoms with Crippen molar-refractivity contribution < 1.29 is 12.8 Å². The van der Waals surface area contributed by atoms with Gasteiger partial charge in [0.1, 0.15) is 5.82 Å². The van der Waals surface area contributed by atoms with Crippen LogP contribution in [0.1, 0.15) is 18.5 Å². The van der Waals surface area contributed by atoms with E-state index in [1.165, 1.54) is 12.1 Å². The Morgan fingerprint density at radius 1 is 1.10 bits per heavy atom. The van der Waals surface area contributed by atoms with Gasteiger partial charge < -0.3 is 0 Å². The number of hydrogen-bond donors (Lipinski definition) is 1. The van der Waals surface area contributed by atoms with Gasteiger partial charge in [0, 0.05) is 11.1 Å². The third-order valence-electron chi connectivity index (χ3n) is 2.83. The second-order valence-electron chi connectivity index (χ2n) is 4.32. The lowest BCUT2D eigenvalue weighted by Gasteiger charge is -2.15. The quantitative estimate of drug-likeness (QED) is 0.938. The van der Waals surface area contributed by atoms with Gasteiger partial charge in [-0.1, -0.05) is 29.8 Å². The highest BCUT2D eigenvalue weighted by Gasteiger charge is 2.19. The zero-order valence-electron chi connectivity index (χ0n) is 10.7. The molecular formula is C14H13ClFNO2S. The maximum absolute atomic E-state index is 12.8. The Morgan fingerprint density at radius 2 is 1.70 bits per heavy atom. The fourth-order valence-electron chi connectivity index (χ4n) is 1.80. The van der Waals surface area contributed by atoms with Crippen molar-refractivity contribution in [3.05, 3.63) is 64.9 Å². The van der Waals surface area contributed by atoms with Crippen molar-refractivity contribution in [3.8, 4) is 0 Å². The van der Waals surface area contributed by atoms with E-state index in [1.54, 1.807) is 31.2 Å². The minimum atomic E-state index is -3.72. The van der Waals surface area contributed by atoms with Crippen LogP contribution in [0.4, 0.5) is 4.39 Å². The summed E-state index contributed by atoms with van der Waals surface area (Å²) in [5.74, 6) is -0.483. The number of sulfonamides is 1. The van der Waals surface area contributed by atoms with Crippen LogP contribution in [0, 0.1) is 5.82 Å². The van der Waals surface area contributed by atoms with E-state index in [-0.39, 0.29) is 4.90 Å². The number of hydrogen-bond acceptors (Lipinski definition) is 2. The first-order valence-corrected chi connectivity index (χ1v) is 7.78. The minimum Gasteiger partial charge on any atom is -0.207 e. The van der Waals surface area contributed by atoms with E-state index in [4.69, 9.17) is 11.6 Å². The first-order valence-electron chi connectivity index (χ1n) is 5.92. The van der Waals surface area contributed by atoms with Crippen molar-refractivity contribution in [1.29, 1.82) is 0 Å². The topological polar surface area (TPSA) is 46.2 Å². The van der Waals surface area contributed by atoms with Crippen LogP contribution in [0.3, 0.4) is 0 Å². The van der Waals surface area contributed by atoms with E-state index in [2.05, 4.69) is 4.72 Å². The van der Waals surface area contributed by atoms with E-state index in [0.29, 0.717) is 10.6 Å². The minimum absolute atomic E-state index is 0.0119. The van der Waals surface area contributed by atoms with E-state index in [0.717, 1.165) is 12.1 Å². The van der Waals surface area contributed by atoms with Gasteiger partial charge in [0.15, 0.2) is 0 Å². The summed E-state index contributed by atoms with van der Waals surface area (Å²) in [5, 5.41) is 0.488. The first-order chi connectivity index (χ1) is 9.40. The molecule has 0 fully saturated rings. The van der Waals surface area contributed by atoms with Gasteiger partial charge in [0.2, 0.25) is 10.0 Å². The van der Waals surface area contributed by atoms with Crippen molar-refractivity contribution in [2.24, 2.45) is 0 Å². The summed E-state index contributed by atoms with van der Waals surface area (Å²) in [7, 11) is -3.72. The number of nitrogens with one attached hydrogen (secondary N) is 1. The van der Waals surface area contributed by atoms with Gasteiger partial charge in [-0.15, -0.1) is 0 Å². The van der Waals surface area contributed by atoms with Crippen molar-refractivity contribution in [2.45, 2.75) is 17.9 Å². The fraction of sp³-hybridized carbons (Fsp3) is 0.143. The summed E-state index contributed by atoms with van der Waals surface area (Å²) in [6.45, 7) is 1.70. The van der Waals surface area contributed by atoms with Crippen LogP contribution in [0.25, 0.3) is 0 Å². The molecule has 3 nitrogen and oxygen atoms in total. The largest absolute Gasteiger partial charge is 0.241 e. The average molecular weight is 314 g/mol. The van der Waals surface area contributed by atoms with Crippen LogP contribution in [0.15, 0.2) is 53.4 Å². The van der Waals surface area contributed by atoms with Gasteiger partial charge in [-0.3, -0.25) is 0 Å². The second kappa shape index (κ2) is 5.91. The van der Waals surface area contributed by atoms with Crippen LogP contribution in [-0.4, -0.2) is 8.42 Å². The fourth-order valence-corrected chi connectivity index (χ4v) is 3.33. The molecule has 0 aliphatic carbocycles. The smallest absolute Gasteiger partial charge is 0.207 e. The molecule has 0 aliphatic rings. The zero-order chi connectivity index (χ0) is 14.8. The van der Waals surface area contributed by atoms with Crippen LogP contribution in [0.2, 0.25) is 5.02 Å². The molecule has 106 valence electrons. The summed E-state index contributed by atoms with van der Waals surface area (Å²) >= 11 is 6.03. The summed E-state index contributed by atoms with van der Waals surface area (Å²) in [6.07, 6.45) is 0. The number of benzene rings is 2. The van der Waals surface area contributed by atoms with E-state index in [9.17, 15) is 12.8 Å². The lowest BCUT2D eigenvalue weighted by atomic mass is 10.1. The molecule has 0 amide bonds. The Labute approximate surface area is 122 Å². The molecule has 0 unspecified atom stereocenters. The molecule has 0 saturated carbocycles. The zero-order valence-corrected chi connectivity index (χ0v) is 12.2. The lowest BCUT2D eigenvalue weighted by Crippen LogP contribution is -2.27. The molecule has 0 saturated heterocycles.